The average Bonchev–Trinajstić information content (AvgIpc) is 3.24. The van der Waals surface area contributed by atoms with Gasteiger partial charge in [0.15, 0.2) is 0 Å². The van der Waals surface area contributed by atoms with Crippen molar-refractivity contribution in [3.63, 3.8) is 0 Å². The topological polar surface area (TPSA) is 46.9 Å². The van der Waals surface area contributed by atoms with Crippen molar-refractivity contribution in [3.8, 4) is 0 Å². The van der Waals surface area contributed by atoms with Crippen LogP contribution in [0.4, 0.5) is 0 Å². The summed E-state index contributed by atoms with van der Waals surface area (Å²) in [5.74, 6) is 1.35. The SMILES string of the molecule is CC([C@H]1[C@H](O)C[C@@]2(C)[C@@H]3C=C[C@H]4C(C)(C)[C@@H](N(C)C)[C@H](O)C[C@@]45C[C@@]35CC[C@]12C)N(C)C. The fourth-order valence-electron chi connectivity index (χ4n) is 11.0. The van der Waals surface area contributed by atoms with Crippen LogP contribution in [0, 0.1) is 44.8 Å². The molecule has 4 fully saturated rings. The van der Waals surface area contributed by atoms with Crippen molar-refractivity contribution in [1.29, 1.82) is 0 Å². The van der Waals surface area contributed by atoms with Gasteiger partial charge in [-0.2, -0.15) is 0 Å². The molecule has 5 rings (SSSR count). The number of fused-ring (bicyclic) bond motifs is 2. The van der Waals surface area contributed by atoms with Gasteiger partial charge in [0.05, 0.1) is 12.2 Å². The lowest BCUT2D eigenvalue weighted by Gasteiger charge is -2.62. The van der Waals surface area contributed by atoms with Gasteiger partial charge >= 0.3 is 0 Å². The van der Waals surface area contributed by atoms with Crippen molar-refractivity contribution in [3.05, 3.63) is 12.2 Å². The van der Waals surface area contributed by atoms with Crippen molar-refractivity contribution >= 4 is 0 Å². The van der Waals surface area contributed by atoms with Crippen LogP contribution >= 0.6 is 0 Å². The van der Waals surface area contributed by atoms with E-state index in [4.69, 9.17) is 0 Å². The average molecular weight is 445 g/mol. The van der Waals surface area contributed by atoms with Crippen molar-refractivity contribution in [2.75, 3.05) is 28.2 Å². The fourth-order valence-corrected chi connectivity index (χ4v) is 11.0. The lowest BCUT2D eigenvalue weighted by molar-refractivity contribution is -0.135. The smallest absolute Gasteiger partial charge is 0.0706 e. The van der Waals surface area contributed by atoms with Crippen molar-refractivity contribution in [2.24, 2.45) is 44.8 Å². The van der Waals surface area contributed by atoms with Crippen molar-refractivity contribution < 1.29 is 10.2 Å². The summed E-state index contributed by atoms with van der Waals surface area (Å²) in [5.41, 5.74) is 0.847. The van der Waals surface area contributed by atoms with Gasteiger partial charge in [-0.1, -0.05) is 39.8 Å². The maximum atomic E-state index is 11.4. The second-order valence-corrected chi connectivity index (χ2v) is 14.2. The second kappa shape index (κ2) is 6.62. The zero-order valence-corrected chi connectivity index (χ0v) is 22.0. The van der Waals surface area contributed by atoms with E-state index in [1.54, 1.807) is 0 Å². The van der Waals surface area contributed by atoms with Crippen LogP contribution in [-0.2, 0) is 0 Å². The molecule has 0 heterocycles. The van der Waals surface area contributed by atoms with E-state index in [0.717, 1.165) is 12.8 Å². The van der Waals surface area contributed by atoms with Crippen LogP contribution in [0.5, 0.6) is 0 Å². The summed E-state index contributed by atoms with van der Waals surface area (Å²) in [6.45, 7) is 12.1. The van der Waals surface area contributed by atoms with Crippen molar-refractivity contribution in [1.82, 2.24) is 9.80 Å². The largest absolute Gasteiger partial charge is 0.393 e. The Bertz CT molecular complexity index is 822. The summed E-state index contributed by atoms with van der Waals surface area (Å²) in [7, 11) is 8.58. The summed E-state index contributed by atoms with van der Waals surface area (Å²) in [6, 6.07) is 0.565. The van der Waals surface area contributed by atoms with Gasteiger partial charge in [0.25, 0.3) is 0 Å². The standard InChI is InChI=1S/C28H48N2O2/c1-17(29(6)7)22-18(31)14-26(5)21-11-10-20-24(2,3)23(30(8)9)19(32)15-28(20)16-27(21,28)13-12-25(22,26)4/h10-11,17-23,31-32H,12-16H2,1-9H3/t17?,18-,19-,20+,21+,22+,23+,25-,26+,27+,28-/m1/s1. The fraction of sp³-hybridized carbons (Fsp3) is 0.929. The molecule has 0 radical (unpaired) electrons. The van der Waals surface area contributed by atoms with E-state index < -0.39 is 0 Å². The highest BCUT2D eigenvalue weighted by molar-refractivity contribution is 5.38. The third kappa shape index (κ3) is 2.44. The molecule has 5 aliphatic rings. The predicted octanol–water partition coefficient (Wildman–Crippen LogP) is 4.02. The Balaban J connectivity index is 1.57. The van der Waals surface area contributed by atoms with E-state index in [0.29, 0.717) is 29.2 Å². The molecule has 0 aromatic heterocycles. The predicted molar refractivity (Wildman–Crippen MR) is 130 cm³/mol. The van der Waals surface area contributed by atoms with Crippen molar-refractivity contribution in [2.45, 2.75) is 91.0 Å². The summed E-state index contributed by atoms with van der Waals surface area (Å²) in [5, 5.41) is 22.8. The third-order valence-electron chi connectivity index (χ3n) is 12.4. The van der Waals surface area contributed by atoms with Gasteiger partial charge in [0.1, 0.15) is 0 Å². The minimum Gasteiger partial charge on any atom is -0.393 e. The number of aliphatic hydroxyl groups excluding tert-OH is 2. The Kier molecular flexibility index (Phi) is 4.83. The molecule has 0 aliphatic heterocycles. The minimum absolute atomic E-state index is 0.0466. The Morgan fingerprint density at radius 2 is 1.44 bits per heavy atom. The first-order valence-electron chi connectivity index (χ1n) is 13.1. The Labute approximate surface area is 196 Å². The summed E-state index contributed by atoms with van der Waals surface area (Å²) >= 11 is 0. The van der Waals surface area contributed by atoms with Crippen LogP contribution in [0.3, 0.4) is 0 Å². The number of likely N-dealkylation sites (N-methyl/N-ethyl adjacent to an activating group) is 1. The van der Waals surface area contributed by atoms with E-state index in [1.807, 2.05) is 0 Å². The molecule has 11 atom stereocenters. The molecular weight excluding hydrogens is 396 g/mol. The highest BCUT2D eigenvalue weighted by Crippen LogP contribution is 2.87. The normalized spacial score (nSPS) is 56.4. The molecule has 32 heavy (non-hydrogen) atoms. The molecule has 4 saturated carbocycles. The molecule has 4 nitrogen and oxygen atoms in total. The highest BCUT2D eigenvalue weighted by atomic mass is 16.3. The highest BCUT2D eigenvalue weighted by Gasteiger charge is 2.82. The van der Waals surface area contributed by atoms with Gasteiger partial charge < -0.3 is 20.0 Å². The Morgan fingerprint density at radius 3 is 2.03 bits per heavy atom. The van der Waals surface area contributed by atoms with Gasteiger partial charge in [0, 0.05) is 18.0 Å². The zero-order valence-electron chi connectivity index (χ0n) is 22.0. The van der Waals surface area contributed by atoms with Gasteiger partial charge in [-0.3, -0.25) is 0 Å². The van der Waals surface area contributed by atoms with E-state index in [1.165, 1.54) is 19.3 Å². The summed E-state index contributed by atoms with van der Waals surface area (Å²) < 4.78 is 0. The van der Waals surface area contributed by atoms with Crippen LogP contribution in [-0.4, -0.2) is 72.5 Å². The second-order valence-electron chi connectivity index (χ2n) is 14.2. The summed E-state index contributed by atoms with van der Waals surface area (Å²) in [4.78, 5) is 4.56. The molecule has 2 spiro atoms. The molecule has 4 heteroatoms. The number of allylic oxidation sites excluding steroid dienone is 2. The van der Waals surface area contributed by atoms with Crippen LogP contribution in [0.15, 0.2) is 12.2 Å². The Morgan fingerprint density at radius 1 is 0.812 bits per heavy atom. The molecule has 0 amide bonds. The lowest BCUT2D eigenvalue weighted by atomic mass is 9.43. The monoisotopic (exact) mass is 444 g/mol. The molecule has 1 unspecified atom stereocenters. The molecule has 0 aromatic rings. The number of nitrogens with zero attached hydrogens (tertiary/aromatic N) is 2. The molecule has 2 N–H and O–H groups in total. The van der Waals surface area contributed by atoms with Crippen LogP contribution in [0.2, 0.25) is 0 Å². The maximum absolute atomic E-state index is 11.4. The first-order valence-corrected chi connectivity index (χ1v) is 13.1. The van der Waals surface area contributed by atoms with Crippen LogP contribution in [0.1, 0.15) is 66.7 Å². The van der Waals surface area contributed by atoms with Gasteiger partial charge in [-0.15, -0.1) is 0 Å². The molecule has 182 valence electrons. The van der Waals surface area contributed by atoms with E-state index in [2.05, 4.69) is 84.8 Å². The molecule has 0 saturated heterocycles. The van der Waals surface area contributed by atoms with E-state index >= 15 is 0 Å². The third-order valence-corrected chi connectivity index (χ3v) is 12.4. The molecular formula is C28H48N2O2. The first-order chi connectivity index (χ1) is 14.7. The van der Waals surface area contributed by atoms with Gasteiger partial charge in [-0.25, -0.2) is 0 Å². The number of hydrogen-bond acceptors (Lipinski definition) is 4. The van der Waals surface area contributed by atoms with Crippen LogP contribution in [0.25, 0.3) is 0 Å². The zero-order chi connectivity index (χ0) is 23.6. The number of rotatable bonds is 3. The quantitative estimate of drug-likeness (QED) is 0.646. The molecule has 5 aliphatic carbocycles. The van der Waals surface area contributed by atoms with E-state index in [-0.39, 0.29) is 39.9 Å². The number of aliphatic hydroxyl groups is 2. The summed E-state index contributed by atoms with van der Waals surface area (Å²) in [6.07, 6.45) is 10.3. The molecule has 0 aromatic carbocycles. The maximum Gasteiger partial charge on any atom is 0.0706 e. The van der Waals surface area contributed by atoms with Crippen LogP contribution < -0.4 is 0 Å². The number of hydrogen-bond donors (Lipinski definition) is 2. The Hall–Kier alpha value is -0.420. The first kappa shape index (κ1) is 23.3. The molecule has 0 bridgehead atoms. The van der Waals surface area contributed by atoms with E-state index in [9.17, 15) is 10.2 Å². The minimum atomic E-state index is -0.264. The van der Waals surface area contributed by atoms with Gasteiger partial charge in [-0.05, 0) is 106 Å². The lowest BCUT2D eigenvalue weighted by Crippen LogP contribution is -2.62. The van der Waals surface area contributed by atoms with Gasteiger partial charge in [0.2, 0.25) is 0 Å².